The lowest BCUT2D eigenvalue weighted by atomic mass is 10.2. The SMILES string of the molecule is CN1CCN(NC(=O)c2ccc(Br)c([N+](=O)[O-])c2)CC1. The van der Waals surface area contributed by atoms with Crippen LogP contribution in [0.1, 0.15) is 10.4 Å². The summed E-state index contributed by atoms with van der Waals surface area (Å²) in [6, 6.07) is 4.34. The van der Waals surface area contributed by atoms with Gasteiger partial charge in [0.25, 0.3) is 11.6 Å². The van der Waals surface area contributed by atoms with Gasteiger partial charge in [0, 0.05) is 37.8 Å². The Labute approximate surface area is 124 Å². The first-order chi connectivity index (χ1) is 9.47. The molecule has 1 aromatic carbocycles. The number of hydrazine groups is 1. The van der Waals surface area contributed by atoms with Crippen LogP contribution in [-0.4, -0.2) is 54.0 Å². The molecule has 0 spiro atoms. The number of likely N-dealkylation sites (N-methyl/N-ethyl adjacent to an activating group) is 1. The molecule has 1 N–H and O–H groups in total. The summed E-state index contributed by atoms with van der Waals surface area (Å²) in [5.74, 6) is -0.329. The summed E-state index contributed by atoms with van der Waals surface area (Å²) in [5.41, 5.74) is 2.93. The van der Waals surface area contributed by atoms with E-state index >= 15 is 0 Å². The summed E-state index contributed by atoms with van der Waals surface area (Å²) in [4.78, 5) is 24.6. The van der Waals surface area contributed by atoms with Gasteiger partial charge in [-0.25, -0.2) is 5.01 Å². The molecule has 20 heavy (non-hydrogen) atoms. The molecule has 0 unspecified atom stereocenters. The molecule has 8 heteroatoms. The number of halogens is 1. The van der Waals surface area contributed by atoms with E-state index in [9.17, 15) is 14.9 Å². The lowest BCUT2D eigenvalue weighted by Gasteiger charge is -2.32. The third-order valence-corrected chi connectivity index (χ3v) is 3.84. The molecular weight excluding hydrogens is 328 g/mol. The monoisotopic (exact) mass is 342 g/mol. The standard InChI is InChI=1S/C12H15BrN4O3/c1-15-4-6-16(7-5-15)14-12(18)9-2-3-10(13)11(8-9)17(19)20/h2-3,8H,4-7H2,1H3,(H,14,18). The number of amides is 1. The minimum Gasteiger partial charge on any atom is -0.304 e. The van der Waals surface area contributed by atoms with Gasteiger partial charge in [0.15, 0.2) is 0 Å². The van der Waals surface area contributed by atoms with Crippen molar-refractivity contribution in [3.8, 4) is 0 Å². The number of piperazine rings is 1. The lowest BCUT2D eigenvalue weighted by molar-refractivity contribution is -0.385. The fraction of sp³-hybridized carbons (Fsp3) is 0.417. The molecule has 1 aromatic rings. The number of rotatable bonds is 3. The van der Waals surface area contributed by atoms with Crippen LogP contribution in [0.4, 0.5) is 5.69 Å². The van der Waals surface area contributed by atoms with Crippen molar-refractivity contribution in [1.29, 1.82) is 0 Å². The number of nitrogens with zero attached hydrogens (tertiary/aromatic N) is 3. The van der Waals surface area contributed by atoms with Crippen LogP contribution in [-0.2, 0) is 0 Å². The average Bonchev–Trinajstić information content (AvgIpc) is 2.41. The van der Waals surface area contributed by atoms with Gasteiger partial charge >= 0.3 is 0 Å². The molecule has 0 aliphatic carbocycles. The Balaban J connectivity index is 2.06. The van der Waals surface area contributed by atoms with Crippen LogP contribution in [0, 0.1) is 10.1 Å². The number of hydrogen-bond donors (Lipinski definition) is 1. The molecule has 108 valence electrons. The second-order valence-corrected chi connectivity index (χ2v) is 5.51. The summed E-state index contributed by atoms with van der Waals surface area (Å²) in [6.45, 7) is 3.23. The fourth-order valence-corrected chi connectivity index (χ4v) is 2.31. The molecule has 0 aromatic heterocycles. The van der Waals surface area contributed by atoms with E-state index in [1.807, 2.05) is 12.1 Å². The summed E-state index contributed by atoms with van der Waals surface area (Å²) in [6.07, 6.45) is 0. The first kappa shape index (κ1) is 14.9. The largest absolute Gasteiger partial charge is 0.304 e. The van der Waals surface area contributed by atoms with Crippen molar-refractivity contribution >= 4 is 27.5 Å². The predicted molar refractivity (Wildman–Crippen MR) is 77.3 cm³/mol. The molecule has 1 aliphatic rings. The number of nitrogens with one attached hydrogen (secondary N) is 1. The van der Waals surface area contributed by atoms with E-state index in [0.29, 0.717) is 4.47 Å². The Morgan fingerprint density at radius 1 is 1.35 bits per heavy atom. The molecule has 1 saturated heterocycles. The van der Waals surface area contributed by atoms with Crippen LogP contribution >= 0.6 is 15.9 Å². The highest BCUT2D eigenvalue weighted by atomic mass is 79.9. The second kappa shape index (κ2) is 6.29. The lowest BCUT2D eigenvalue weighted by Crippen LogP contribution is -2.52. The zero-order valence-electron chi connectivity index (χ0n) is 11.0. The second-order valence-electron chi connectivity index (χ2n) is 4.65. The van der Waals surface area contributed by atoms with Gasteiger partial charge in [-0.2, -0.15) is 0 Å². The minimum absolute atomic E-state index is 0.115. The zero-order chi connectivity index (χ0) is 14.7. The topological polar surface area (TPSA) is 78.7 Å². The highest BCUT2D eigenvalue weighted by molar-refractivity contribution is 9.10. The van der Waals surface area contributed by atoms with Crippen LogP contribution in [0.15, 0.2) is 22.7 Å². The first-order valence-electron chi connectivity index (χ1n) is 6.16. The van der Waals surface area contributed by atoms with Crippen LogP contribution in [0.2, 0.25) is 0 Å². The first-order valence-corrected chi connectivity index (χ1v) is 6.95. The average molecular weight is 343 g/mol. The van der Waals surface area contributed by atoms with E-state index < -0.39 is 4.92 Å². The summed E-state index contributed by atoms with van der Waals surface area (Å²) >= 11 is 3.10. The van der Waals surface area contributed by atoms with Gasteiger partial charge in [-0.3, -0.25) is 20.3 Å². The Kier molecular flexibility index (Phi) is 4.69. The van der Waals surface area contributed by atoms with E-state index in [1.54, 1.807) is 6.07 Å². The van der Waals surface area contributed by atoms with E-state index in [-0.39, 0.29) is 17.2 Å². The predicted octanol–water partition coefficient (Wildman–Crippen LogP) is 1.25. The highest BCUT2D eigenvalue weighted by Gasteiger charge is 2.19. The van der Waals surface area contributed by atoms with E-state index in [4.69, 9.17) is 0 Å². The molecule has 1 aliphatic heterocycles. The maximum Gasteiger partial charge on any atom is 0.284 e. The molecule has 0 bridgehead atoms. The number of hydrogen-bond acceptors (Lipinski definition) is 5. The Bertz CT molecular complexity index is 529. The molecule has 0 saturated carbocycles. The number of carbonyl (C=O) groups is 1. The van der Waals surface area contributed by atoms with Crippen molar-refractivity contribution < 1.29 is 9.72 Å². The quantitative estimate of drug-likeness (QED) is 0.660. The van der Waals surface area contributed by atoms with Gasteiger partial charge in [0.2, 0.25) is 0 Å². The molecule has 0 atom stereocenters. The van der Waals surface area contributed by atoms with Crippen LogP contribution in [0.25, 0.3) is 0 Å². The van der Waals surface area contributed by atoms with Gasteiger partial charge in [-0.05, 0) is 35.1 Å². The molecule has 0 radical (unpaired) electrons. The van der Waals surface area contributed by atoms with Gasteiger partial charge in [0.05, 0.1) is 9.40 Å². The van der Waals surface area contributed by atoms with Crippen molar-refractivity contribution in [2.24, 2.45) is 0 Å². The summed E-state index contributed by atoms with van der Waals surface area (Å²) in [7, 11) is 2.03. The number of nitro benzene ring substituents is 1. The maximum atomic E-state index is 12.1. The maximum absolute atomic E-state index is 12.1. The van der Waals surface area contributed by atoms with Gasteiger partial charge in [-0.1, -0.05) is 0 Å². The van der Waals surface area contributed by atoms with Crippen molar-refractivity contribution in [3.05, 3.63) is 38.3 Å². The fourth-order valence-electron chi connectivity index (χ4n) is 1.92. The minimum atomic E-state index is -0.517. The Morgan fingerprint density at radius 2 is 2.00 bits per heavy atom. The van der Waals surface area contributed by atoms with Crippen molar-refractivity contribution in [2.75, 3.05) is 33.2 Å². The van der Waals surface area contributed by atoms with Gasteiger partial charge < -0.3 is 4.90 Å². The zero-order valence-corrected chi connectivity index (χ0v) is 12.6. The van der Waals surface area contributed by atoms with E-state index in [2.05, 4.69) is 26.3 Å². The molecule has 2 rings (SSSR count). The van der Waals surface area contributed by atoms with Crippen LogP contribution < -0.4 is 5.43 Å². The van der Waals surface area contributed by atoms with Gasteiger partial charge in [0.1, 0.15) is 0 Å². The number of benzene rings is 1. The summed E-state index contributed by atoms with van der Waals surface area (Å²) < 4.78 is 0.360. The van der Waals surface area contributed by atoms with Crippen LogP contribution in [0.3, 0.4) is 0 Å². The van der Waals surface area contributed by atoms with Gasteiger partial charge in [-0.15, -0.1) is 0 Å². The molecule has 1 amide bonds. The molecule has 1 heterocycles. The number of carbonyl (C=O) groups excluding carboxylic acids is 1. The summed E-state index contributed by atoms with van der Waals surface area (Å²) in [5, 5.41) is 12.7. The van der Waals surface area contributed by atoms with Crippen molar-refractivity contribution in [2.45, 2.75) is 0 Å². The van der Waals surface area contributed by atoms with E-state index in [1.165, 1.54) is 12.1 Å². The third kappa shape index (κ3) is 3.53. The highest BCUT2D eigenvalue weighted by Crippen LogP contribution is 2.25. The third-order valence-electron chi connectivity index (χ3n) is 3.17. The molecular formula is C12H15BrN4O3. The molecule has 1 fully saturated rings. The number of nitro groups is 1. The van der Waals surface area contributed by atoms with Crippen molar-refractivity contribution in [1.82, 2.24) is 15.3 Å². The smallest absolute Gasteiger partial charge is 0.284 e. The van der Waals surface area contributed by atoms with Crippen LogP contribution in [0.5, 0.6) is 0 Å². The molecule has 7 nitrogen and oxygen atoms in total. The normalized spacial score (nSPS) is 16.9. The van der Waals surface area contributed by atoms with Crippen molar-refractivity contribution in [3.63, 3.8) is 0 Å². The Hall–Kier alpha value is -1.51. The Morgan fingerprint density at radius 3 is 2.60 bits per heavy atom. The van der Waals surface area contributed by atoms with E-state index in [0.717, 1.165) is 26.2 Å².